The molecule has 1 N–H and O–H groups in total. The van der Waals surface area contributed by atoms with Crippen LogP contribution in [0.2, 0.25) is 0 Å². The molecule has 5 heteroatoms. The molecule has 0 spiro atoms. The van der Waals surface area contributed by atoms with E-state index in [1.807, 2.05) is 23.1 Å². The van der Waals surface area contributed by atoms with Crippen molar-refractivity contribution in [3.05, 3.63) is 71.3 Å². The van der Waals surface area contributed by atoms with E-state index in [0.29, 0.717) is 19.7 Å². The van der Waals surface area contributed by atoms with Crippen LogP contribution in [0.5, 0.6) is 0 Å². The van der Waals surface area contributed by atoms with E-state index in [9.17, 15) is 9.59 Å². The number of likely N-dealkylation sites (tertiary alicyclic amines) is 1. The lowest BCUT2D eigenvalue weighted by Crippen LogP contribution is -2.41. The third kappa shape index (κ3) is 5.66. The number of ether oxygens (including phenoxy) is 1. The molecule has 3 rings (SSSR count). The number of carboxylic acids is 1. The monoisotopic (exact) mass is 367 g/mol. The molecule has 0 radical (unpaired) electrons. The molecule has 0 bridgehead atoms. The van der Waals surface area contributed by atoms with Gasteiger partial charge in [-0.05, 0) is 42.5 Å². The SMILES string of the molecule is O=C(O)c1cccc(CC(=O)N2CCC(OCCc3ccccc3)CC2)c1. The first-order valence-electron chi connectivity index (χ1n) is 9.37. The van der Waals surface area contributed by atoms with Crippen LogP contribution < -0.4 is 0 Å². The molecule has 1 aliphatic heterocycles. The van der Waals surface area contributed by atoms with Crippen LogP contribution in [0.15, 0.2) is 54.6 Å². The van der Waals surface area contributed by atoms with Crippen molar-refractivity contribution < 1.29 is 19.4 Å². The summed E-state index contributed by atoms with van der Waals surface area (Å²) in [6.07, 6.45) is 3.03. The van der Waals surface area contributed by atoms with Crippen LogP contribution in [0, 0.1) is 0 Å². The zero-order valence-corrected chi connectivity index (χ0v) is 15.3. The predicted molar refractivity (Wildman–Crippen MR) is 103 cm³/mol. The number of benzene rings is 2. The Hall–Kier alpha value is -2.66. The van der Waals surface area contributed by atoms with Gasteiger partial charge >= 0.3 is 5.97 Å². The highest BCUT2D eigenvalue weighted by atomic mass is 16.5. The molecule has 2 aromatic carbocycles. The highest BCUT2D eigenvalue weighted by molar-refractivity contribution is 5.88. The maximum atomic E-state index is 12.5. The molecular formula is C22H25NO4. The lowest BCUT2D eigenvalue weighted by molar-refractivity contribution is -0.133. The zero-order valence-electron chi connectivity index (χ0n) is 15.3. The molecule has 0 aromatic heterocycles. The minimum atomic E-state index is -0.974. The third-order valence-electron chi connectivity index (χ3n) is 4.91. The number of hydrogen-bond acceptors (Lipinski definition) is 3. The van der Waals surface area contributed by atoms with Gasteiger partial charge in [0.25, 0.3) is 0 Å². The second-order valence-corrected chi connectivity index (χ2v) is 6.87. The largest absolute Gasteiger partial charge is 0.478 e. The molecule has 0 aliphatic carbocycles. The topological polar surface area (TPSA) is 66.8 Å². The van der Waals surface area contributed by atoms with Crippen molar-refractivity contribution in [2.24, 2.45) is 0 Å². The minimum absolute atomic E-state index is 0.0419. The Bertz CT molecular complexity index is 767. The second kappa shape index (κ2) is 9.33. The maximum Gasteiger partial charge on any atom is 0.335 e. The number of piperidine rings is 1. The smallest absolute Gasteiger partial charge is 0.335 e. The van der Waals surface area contributed by atoms with Crippen LogP contribution in [0.1, 0.15) is 34.3 Å². The van der Waals surface area contributed by atoms with Crippen LogP contribution in [-0.2, 0) is 22.4 Å². The average molecular weight is 367 g/mol. The Morgan fingerprint density at radius 3 is 2.41 bits per heavy atom. The quantitative estimate of drug-likeness (QED) is 0.816. The average Bonchev–Trinajstić information content (AvgIpc) is 2.69. The predicted octanol–water partition coefficient (Wildman–Crippen LogP) is 3.18. The Kier molecular flexibility index (Phi) is 6.60. The Labute approximate surface area is 159 Å². The first kappa shape index (κ1) is 19.1. The van der Waals surface area contributed by atoms with Gasteiger partial charge in [-0.3, -0.25) is 4.79 Å². The molecule has 1 amide bonds. The van der Waals surface area contributed by atoms with E-state index in [2.05, 4.69) is 12.1 Å². The highest BCUT2D eigenvalue weighted by Crippen LogP contribution is 2.16. The van der Waals surface area contributed by atoms with E-state index in [-0.39, 0.29) is 24.0 Å². The van der Waals surface area contributed by atoms with Crippen LogP contribution in [0.25, 0.3) is 0 Å². The number of aromatic carboxylic acids is 1. The summed E-state index contributed by atoms with van der Waals surface area (Å²) < 4.78 is 5.97. The number of nitrogens with zero attached hydrogens (tertiary/aromatic N) is 1. The molecule has 5 nitrogen and oxygen atoms in total. The standard InChI is InChI=1S/C22H25NO4/c24-21(16-18-7-4-8-19(15-18)22(25)26)23-12-9-20(10-13-23)27-14-11-17-5-2-1-3-6-17/h1-8,15,20H,9-14,16H2,(H,25,26). The molecular weight excluding hydrogens is 342 g/mol. The summed E-state index contributed by atoms with van der Waals surface area (Å²) in [7, 11) is 0. The number of carbonyl (C=O) groups is 2. The third-order valence-corrected chi connectivity index (χ3v) is 4.91. The fourth-order valence-electron chi connectivity index (χ4n) is 3.36. The molecule has 2 aromatic rings. The van der Waals surface area contributed by atoms with E-state index in [1.54, 1.807) is 18.2 Å². The second-order valence-electron chi connectivity index (χ2n) is 6.87. The maximum absolute atomic E-state index is 12.5. The zero-order chi connectivity index (χ0) is 19.1. The highest BCUT2D eigenvalue weighted by Gasteiger charge is 2.23. The van der Waals surface area contributed by atoms with Crippen molar-refractivity contribution in [3.8, 4) is 0 Å². The van der Waals surface area contributed by atoms with E-state index in [1.165, 1.54) is 11.6 Å². The number of carbonyl (C=O) groups excluding carboxylic acids is 1. The summed E-state index contributed by atoms with van der Waals surface area (Å²) in [6, 6.07) is 16.9. The van der Waals surface area contributed by atoms with Crippen LogP contribution in [0.3, 0.4) is 0 Å². The van der Waals surface area contributed by atoms with Gasteiger partial charge in [0, 0.05) is 13.1 Å². The lowest BCUT2D eigenvalue weighted by Gasteiger charge is -2.32. The lowest BCUT2D eigenvalue weighted by atomic mass is 10.0. The van der Waals surface area contributed by atoms with Gasteiger partial charge in [-0.2, -0.15) is 0 Å². The first-order valence-corrected chi connectivity index (χ1v) is 9.37. The van der Waals surface area contributed by atoms with E-state index in [0.717, 1.165) is 24.8 Å². The summed E-state index contributed by atoms with van der Waals surface area (Å²) in [5, 5.41) is 9.06. The van der Waals surface area contributed by atoms with Gasteiger partial charge < -0.3 is 14.7 Å². The van der Waals surface area contributed by atoms with E-state index < -0.39 is 5.97 Å². The summed E-state index contributed by atoms with van der Waals surface area (Å²) in [6.45, 7) is 2.07. The van der Waals surface area contributed by atoms with E-state index in [4.69, 9.17) is 9.84 Å². The van der Waals surface area contributed by atoms with E-state index >= 15 is 0 Å². The number of rotatable bonds is 7. The van der Waals surface area contributed by atoms with Gasteiger partial charge in [0.15, 0.2) is 0 Å². The van der Waals surface area contributed by atoms with Crippen LogP contribution >= 0.6 is 0 Å². The molecule has 1 aliphatic rings. The normalized spacial score (nSPS) is 14.9. The molecule has 1 saturated heterocycles. The van der Waals surface area contributed by atoms with Crippen molar-refractivity contribution >= 4 is 11.9 Å². The molecule has 27 heavy (non-hydrogen) atoms. The molecule has 0 saturated carbocycles. The van der Waals surface area contributed by atoms with Gasteiger partial charge in [0.05, 0.1) is 24.7 Å². The number of carboxylic acid groups (broad SMARTS) is 1. The van der Waals surface area contributed by atoms with Crippen molar-refractivity contribution in [2.45, 2.75) is 31.8 Å². The molecule has 1 fully saturated rings. The summed E-state index contributed by atoms with van der Waals surface area (Å²) >= 11 is 0. The van der Waals surface area contributed by atoms with Gasteiger partial charge in [0.1, 0.15) is 0 Å². The van der Waals surface area contributed by atoms with Gasteiger partial charge in [0.2, 0.25) is 5.91 Å². The van der Waals surface area contributed by atoms with Gasteiger partial charge in [-0.25, -0.2) is 4.79 Å². The Balaban J connectivity index is 1.41. The summed E-state index contributed by atoms with van der Waals surface area (Å²) in [5.74, 6) is -0.932. The van der Waals surface area contributed by atoms with Crippen molar-refractivity contribution in [1.82, 2.24) is 4.90 Å². The van der Waals surface area contributed by atoms with Crippen molar-refractivity contribution in [2.75, 3.05) is 19.7 Å². The summed E-state index contributed by atoms with van der Waals surface area (Å²) in [5.41, 5.74) is 2.22. The summed E-state index contributed by atoms with van der Waals surface area (Å²) in [4.78, 5) is 25.4. The minimum Gasteiger partial charge on any atom is -0.478 e. The Morgan fingerprint density at radius 2 is 1.70 bits per heavy atom. The molecule has 142 valence electrons. The molecule has 1 heterocycles. The molecule has 0 atom stereocenters. The van der Waals surface area contributed by atoms with Crippen molar-refractivity contribution in [3.63, 3.8) is 0 Å². The number of hydrogen-bond donors (Lipinski definition) is 1. The number of amides is 1. The van der Waals surface area contributed by atoms with Crippen LogP contribution in [-0.4, -0.2) is 47.7 Å². The fraction of sp³-hybridized carbons (Fsp3) is 0.364. The van der Waals surface area contributed by atoms with Gasteiger partial charge in [-0.1, -0.05) is 42.5 Å². The Morgan fingerprint density at radius 1 is 1.00 bits per heavy atom. The molecule has 0 unspecified atom stereocenters. The first-order chi connectivity index (χ1) is 13.1. The van der Waals surface area contributed by atoms with Crippen molar-refractivity contribution in [1.29, 1.82) is 0 Å². The fourth-order valence-corrected chi connectivity index (χ4v) is 3.36. The van der Waals surface area contributed by atoms with Crippen LogP contribution in [0.4, 0.5) is 0 Å². The van der Waals surface area contributed by atoms with Gasteiger partial charge in [-0.15, -0.1) is 0 Å².